The number of carbonyl (C=O) groups is 1. The maximum atomic E-state index is 12.2. The molecule has 0 atom stereocenters. The molecule has 0 aromatic carbocycles. The molecule has 106 valence electrons. The van der Waals surface area contributed by atoms with Crippen molar-refractivity contribution in [1.82, 2.24) is 24.9 Å². The molecule has 7 heteroatoms. The normalized spacial score (nSPS) is 15.7. The average molecular weight is 274 g/mol. The maximum Gasteiger partial charge on any atom is 0.275 e. The fraction of sp³-hybridized carbons (Fsp3) is 0.462. The van der Waals surface area contributed by atoms with Gasteiger partial charge in [0.05, 0.1) is 11.9 Å². The van der Waals surface area contributed by atoms with Gasteiger partial charge < -0.3 is 5.32 Å². The third-order valence-electron chi connectivity index (χ3n) is 3.50. The van der Waals surface area contributed by atoms with E-state index in [1.807, 2.05) is 6.07 Å². The first-order chi connectivity index (χ1) is 9.72. The van der Waals surface area contributed by atoms with Crippen molar-refractivity contribution >= 4 is 11.7 Å². The lowest BCUT2D eigenvalue weighted by Crippen LogP contribution is -2.18. The van der Waals surface area contributed by atoms with Gasteiger partial charge >= 0.3 is 0 Å². The first kappa shape index (κ1) is 12.9. The maximum absolute atomic E-state index is 12.2. The van der Waals surface area contributed by atoms with E-state index in [0.29, 0.717) is 11.5 Å². The summed E-state index contributed by atoms with van der Waals surface area (Å²) in [6.07, 6.45) is 4.09. The minimum absolute atomic E-state index is 0.183. The van der Waals surface area contributed by atoms with E-state index in [4.69, 9.17) is 0 Å². The summed E-state index contributed by atoms with van der Waals surface area (Å²) in [5, 5.41) is 13.7. The number of nitrogens with zero attached hydrogens (tertiary/aromatic N) is 4. The van der Waals surface area contributed by atoms with Crippen LogP contribution in [-0.4, -0.2) is 43.9 Å². The number of aromatic nitrogens is 4. The molecule has 2 aromatic heterocycles. The van der Waals surface area contributed by atoms with Gasteiger partial charge in [0.15, 0.2) is 0 Å². The van der Waals surface area contributed by atoms with Crippen LogP contribution < -0.4 is 5.32 Å². The first-order valence-electron chi connectivity index (χ1n) is 6.78. The molecule has 0 spiro atoms. The van der Waals surface area contributed by atoms with Crippen LogP contribution in [-0.2, 0) is 13.6 Å². The van der Waals surface area contributed by atoms with Crippen LogP contribution in [0.5, 0.6) is 0 Å². The number of amides is 1. The molecule has 0 aliphatic carbocycles. The number of nitrogens with one attached hydrogen (secondary N) is 2. The van der Waals surface area contributed by atoms with E-state index in [1.54, 1.807) is 24.0 Å². The predicted molar refractivity (Wildman–Crippen MR) is 74.3 cm³/mol. The van der Waals surface area contributed by atoms with Gasteiger partial charge in [-0.15, -0.1) is 0 Å². The predicted octanol–water partition coefficient (Wildman–Crippen LogP) is 0.991. The van der Waals surface area contributed by atoms with Crippen LogP contribution in [0.25, 0.3) is 0 Å². The van der Waals surface area contributed by atoms with E-state index >= 15 is 0 Å². The molecular weight excluding hydrogens is 256 g/mol. The highest BCUT2D eigenvalue weighted by molar-refractivity contribution is 6.02. The Morgan fingerprint density at radius 1 is 1.45 bits per heavy atom. The van der Waals surface area contributed by atoms with Crippen LogP contribution in [0.4, 0.5) is 5.82 Å². The molecule has 20 heavy (non-hydrogen) atoms. The number of aromatic amines is 1. The molecule has 0 bridgehead atoms. The van der Waals surface area contributed by atoms with Crippen molar-refractivity contribution in [3.8, 4) is 0 Å². The zero-order valence-corrected chi connectivity index (χ0v) is 11.5. The average Bonchev–Trinajstić information content (AvgIpc) is 3.12. The van der Waals surface area contributed by atoms with Crippen molar-refractivity contribution in [2.24, 2.45) is 7.05 Å². The highest BCUT2D eigenvalue weighted by Gasteiger charge is 2.17. The van der Waals surface area contributed by atoms with Gasteiger partial charge in [-0.2, -0.15) is 10.2 Å². The fourth-order valence-electron chi connectivity index (χ4n) is 2.50. The Hall–Kier alpha value is -2.15. The van der Waals surface area contributed by atoms with E-state index in [-0.39, 0.29) is 5.91 Å². The second-order valence-corrected chi connectivity index (χ2v) is 5.05. The molecule has 1 saturated heterocycles. The lowest BCUT2D eigenvalue weighted by atomic mass is 10.3. The Labute approximate surface area is 117 Å². The minimum Gasteiger partial charge on any atom is -0.306 e. The van der Waals surface area contributed by atoms with E-state index < -0.39 is 0 Å². The van der Waals surface area contributed by atoms with E-state index in [1.165, 1.54) is 12.8 Å². The van der Waals surface area contributed by atoms with Gasteiger partial charge in [-0.1, -0.05) is 0 Å². The lowest BCUT2D eigenvalue weighted by Gasteiger charge is -2.11. The standard InChI is InChI=1S/C13H18N6O/c1-18-11(13(20)15-12-4-5-14-16-12)8-10(17-18)9-19-6-2-3-7-19/h4-5,8H,2-3,6-7,9H2,1H3,(H2,14,15,16,20). The Kier molecular flexibility index (Phi) is 3.51. The number of anilines is 1. The van der Waals surface area contributed by atoms with E-state index in [9.17, 15) is 4.79 Å². The zero-order valence-electron chi connectivity index (χ0n) is 11.5. The van der Waals surface area contributed by atoms with Gasteiger partial charge in [-0.3, -0.25) is 19.5 Å². The molecular formula is C13H18N6O. The summed E-state index contributed by atoms with van der Waals surface area (Å²) in [4.78, 5) is 14.5. The summed E-state index contributed by atoms with van der Waals surface area (Å²) in [7, 11) is 1.79. The number of aryl methyl sites for hydroxylation is 1. The molecule has 3 rings (SSSR count). The Balaban J connectivity index is 1.69. The fourth-order valence-corrected chi connectivity index (χ4v) is 2.50. The van der Waals surface area contributed by atoms with Crippen LogP contribution >= 0.6 is 0 Å². The van der Waals surface area contributed by atoms with Gasteiger partial charge in [0.1, 0.15) is 11.5 Å². The molecule has 2 aromatic rings. The monoisotopic (exact) mass is 274 g/mol. The Morgan fingerprint density at radius 3 is 2.95 bits per heavy atom. The molecule has 0 unspecified atom stereocenters. The van der Waals surface area contributed by atoms with Gasteiger partial charge in [-0.05, 0) is 32.0 Å². The summed E-state index contributed by atoms with van der Waals surface area (Å²) in [5.74, 6) is 0.397. The van der Waals surface area contributed by atoms with Gasteiger partial charge in [0, 0.05) is 19.7 Å². The van der Waals surface area contributed by atoms with Crippen molar-refractivity contribution < 1.29 is 4.79 Å². The van der Waals surface area contributed by atoms with Crippen LogP contribution in [0.3, 0.4) is 0 Å². The summed E-state index contributed by atoms with van der Waals surface area (Å²) in [6.45, 7) is 3.05. The van der Waals surface area contributed by atoms with Gasteiger partial charge in [0.25, 0.3) is 5.91 Å². The Bertz CT molecular complexity index is 582. The number of H-pyrrole nitrogens is 1. The molecule has 1 fully saturated rings. The summed E-state index contributed by atoms with van der Waals surface area (Å²) < 4.78 is 1.62. The number of hydrogen-bond acceptors (Lipinski definition) is 4. The highest BCUT2D eigenvalue weighted by Crippen LogP contribution is 2.13. The summed E-state index contributed by atoms with van der Waals surface area (Å²) in [5.41, 5.74) is 1.48. The smallest absolute Gasteiger partial charge is 0.275 e. The van der Waals surface area contributed by atoms with Crippen molar-refractivity contribution in [2.75, 3.05) is 18.4 Å². The second kappa shape index (κ2) is 5.46. The SMILES string of the molecule is Cn1nc(CN2CCCC2)cc1C(=O)Nc1ccn[nH]1. The largest absolute Gasteiger partial charge is 0.306 e. The number of carbonyl (C=O) groups excluding carboxylic acids is 1. The molecule has 1 aliphatic rings. The highest BCUT2D eigenvalue weighted by atomic mass is 16.2. The summed E-state index contributed by atoms with van der Waals surface area (Å²) in [6, 6.07) is 3.56. The second-order valence-electron chi connectivity index (χ2n) is 5.05. The van der Waals surface area contributed by atoms with Crippen molar-refractivity contribution in [3.05, 3.63) is 29.7 Å². The summed E-state index contributed by atoms with van der Waals surface area (Å²) >= 11 is 0. The molecule has 1 aliphatic heterocycles. The lowest BCUT2D eigenvalue weighted by molar-refractivity contribution is 0.101. The molecule has 0 saturated carbocycles. The molecule has 1 amide bonds. The molecule has 3 heterocycles. The third-order valence-corrected chi connectivity index (χ3v) is 3.50. The van der Waals surface area contributed by atoms with Crippen molar-refractivity contribution in [2.45, 2.75) is 19.4 Å². The Morgan fingerprint density at radius 2 is 2.25 bits per heavy atom. The van der Waals surface area contributed by atoms with Crippen LogP contribution in [0.2, 0.25) is 0 Å². The topological polar surface area (TPSA) is 78.8 Å². The van der Waals surface area contributed by atoms with Crippen LogP contribution in [0.1, 0.15) is 29.0 Å². The van der Waals surface area contributed by atoms with Gasteiger partial charge in [-0.25, -0.2) is 0 Å². The molecule has 0 radical (unpaired) electrons. The number of likely N-dealkylation sites (tertiary alicyclic amines) is 1. The number of rotatable bonds is 4. The zero-order chi connectivity index (χ0) is 13.9. The molecule has 7 nitrogen and oxygen atoms in total. The van der Waals surface area contributed by atoms with Crippen molar-refractivity contribution in [3.63, 3.8) is 0 Å². The van der Waals surface area contributed by atoms with Crippen molar-refractivity contribution in [1.29, 1.82) is 0 Å². The van der Waals surface area contributed by atoms with E-state index in [2.05, 4.69) is 25.5 Å². The third kappa shape index (κ3) is 2.72. The number of hydrogen-bond donors (Lipinski definition) is 2. The van der Waals surface area contributed by atoms with E-state index in [0.717, 1.165) is 25.3 Å². The quantitative estimate of drug-likeness (QED) is 0.871. The van der Waals surface area contributed by atoms with Gasteiger partial charge in [0.2, 0.25) is 0 Å². The van der Waals surface area contributed by atoms with Crippen LogP contribution in [0, 0.1) is 0 Å². The molecule has 2 N–H and O–H groups in total. The minimum atomic E-state index is -0.183. The van der Waals surface area contributed by atoms with Crippen LogP contribution in [0.15, 0.2) is 18.3 Å². The first-order valence-corrected chi connectivity index (χ1v) is 6.78.